The fourth-order valence-electron chi connectivity index (χ4n) is 8.50. The van der Waals surface area contributed by atoms with Crippen molar-refractivity contribution in [2.45, 2.75) is 101 Å². The molecule has 3 fully saturated rings. The molecule has 0 saturated carbocycles. The highest BCUT2D eigenvalue weighted by Crippen LogP contribution is 2.43. The van der Waals surface area contributed by atoms with Crippen molar-refractivity contribution in [1.29, 1.82) is 0 Å². The van der Waals surface area contributed by atoms with Gasteiger partial charge in [-0.1, -0.05) is 158 Å². The summed E-state index contributed by atoms with van der Waals surface area (Å²) in [5, 5.41) is 2.22. The van der Waals surface area contributed by atoms with Gasteiger partial charge < -0.3 is 47.4 Å². The zero-order valence-corrected chi connectivity index (χ0v) is 35.1. The molecule has 6 aromatic carbocycles. The third kappa shape index (κ3) is 10.2. The van der Waals surface area contributed by atoms with Crippen molar-refractivity contribution in [3.63, 3.8) is 0 Å². The molecule has 0 aliphatic carbocycles. The van der Waals surface area contributed by atoms with Crippen molar-refractivity contribution in [1.82, 2.24) is 0 Å². The van der Waals surface area contributed by atoms with Gasteiger partial charge in [-0.15, -0.1) is 0 Å². The van der Waals surface area contributed by atoms with Gasteiger partial charge in [0, 0.05) is 12.7 Å². The fourth-order valence-corrected chi connectivity index (χ4v) is 8.50. The molecule has 1 unspecified atom stereocenters. The maximum Gasteiger partial charge on any atom is 0.187 e. The average Bonchev–Trinajstić information content (AvgIpc) is 3.78. The van der Waals surface area contributed by atoms with Gasteiger partial charge in [0.25, 0.3) is 0 Å². The average molecular weight is 839 g/mol. The van der Waals surface area contributed by atoms with Crippen LogP contribution in [-0.4, -0.2) is 75.1 Å². The Labute approximate surface area is 363 Å². The van der Waals surface area contributed by atoms with Crippen LogP contribution in [0.4, 0.5) is 0 Å². The summed E-state index contributed by atoms with van der Waals surface area (Å²) in [4.78, 5) is 0. The van der Waals surface area contributed by atoms with Gasteiger partial charge in [-0.25, -0.2) is 0 Å². The molecule has 3 heterocycles. The van der Waals surface area contributed by atoms with E-state index in [9.17, 15) is 0 Å². The number of ether oxygens (including phenoxy) is 10. The molecule has 0 spiro atoms. The van der Waals surface area contributed by atoms with Gasteiger partial charge >= 0.3 is 0 Å². The van der Waals surface area contributed by atoms with E-state index < -0.39 is 67.7 Å². The summed E-state index contributed by atoms with van der Waals surface area (Å²) in [6.45, 7) is 3.51. The molecule has 0 radical (unpaired) electrons. The van der Waals surface area contributed by atoms with Crippen molar-refractivity contribution >= 4 is 10.8 Å². The van der Waals surface area contributed by atoms with Gasteiger partial charge in [0.2, 0.25) is 0 Å². The molecule has 11 atom stereocenters. The van der Waals surface area contributed by atoms with Crippen LogP contribution >= 0.6 is 0 Å². The van der Waals surface area contributed by atoms with E-state index in [2.05, 4.69) is 24.3 Å². The molecule has 10 nitrogen and oxygen atoms in total. The first-order valence-electron chi connectivity index (χ1n) is 21.5. The van der Waals surface area contributed by atoms with E-state index in [4.69, 9.17) is 47.4 Å². The monoisotopic (exact) mass is 838 g/mol. The van der Waals surface area contributed by atoms with Crippen LogP contribution < -0.4 is 0 Å². The van der Waals surface area contributed by atoms with E-state index >= 15 is 0 Å². The van der Waals surface area contributed by atoms with Crippen molar-refractivity contribution < 1.29 is 47.4 Å². The summed E-state index contributed by atoms with van der Waals surface area (Å²) >= 11 is 0. The predicted octanol–water partition coefficient (Wildman–Crippen LogP) is 9.10. The number of hydrogen-bond acceptors (Lipinski definition) is 10. The van der Waals surface area contributed by atoms with Gasteiger partial charge in [-0.05, 0) is 46.0 Å². The van der Waals surface area contributed by atoms with Crippen LogP contribution in [0.25, 0.3) is 10.8 Å². The summed E-state index contributed by atoms with van der Waals surface area (Å²) in [7, 11) is 1.61. The zero-order chi connectivity index (χ0) is 42.1. The van der Waals surface area contributed by atoms with E-state index in [1.165, 1.54) is 0 Å². The molecule has 0 aromatic heterocycles. The second-order valence-electron chi connectivity index (χ2n) is 16.0. The largest absolute Gasteiger partial charge is 0.374 e. The van der Waals surface area contributed by atoms with Crippen LogP contribution in [0.1, 0.15) is 41.0 Å². The highest BCUT2D eigenvalue weighted by molar-refractivity contribution is 5.83. The molecule has 3 aliphatic heterocycles. The molecule has 3 saturated heterocycles. The number of hydrogen-bond donors (Lipinski definition) is 0. The molecule has 0 N–H and O–H groups in total. The Morgan fingerprint density at radius 3 is 1.56 bits per heavy atom. The summed E-state index contributed by atoms with van der Waals surface area (Å²) in [6.07, 6.45) is -7.40. The fraction of sp³-hybridized carbons (Fsp3) is 0.346. The van der Waals surface area contributed by atoms with Gasteiger partial charge in [0.1, 0.15) is 42.7 Å². The normalized spacial score (nSPS) is 28.5. The lowest BCUT2D eigenvalue weighted by Gasteiger charge is -2.48. The minimum absolute atomic E-state index is 0.173. The second kappa shape index (κ2) is 20.6. The van der Waals surface area contributed by atoms with Crippen molar-refractivity contribution in [3.8, 4) is 0 Å². The molecule has 0 amide bonds. The first-order chi connectivity index (χ1) is 30.6. The highest BCUT2D eigenvalue weighted by Gasteiger charge is 2.56. The lowest BCUT2D eigenvalue weighted by atomic mass is 9.96. The Bertz CT molecular complexity index is 2260. The van der Waals surface area contributed by atoms with Crippen molar-refractivity contribution in [2.75, 3.05) is 13.7 Å². The molecule has 3 aliphatic rings. The molecule has 322 valence electrons. The van der Waals surface area contributed by atoms with E-state index in [1.807, 2.05) is 146 Å². The van der Waals surface area contributed by atoms with E-state index in [1.54, 1.807) is 7.11 Å². The molecule has 6 aromatic rings. The molecule has 0 bridgehead atoms. The Morgan fingerprint density at radius 2 is 0.968 bits per heavy atom. The standard InChI is InChI=1S/C52H54O10/c1-35-44(55-31-37-19-9-4-10-20-37)47-49(62-50(61-47)42-28-27-40-25-15-16-26-41(40)29-42)52(58-35)60-45-43(34-54-30-36-17-7-3-8-18-36)59-51(53-2)48(57-33-39-23-13-6-14-24-39)46(45)56-32-38-21-11-5-12-22-38/h3-29,35,43-52H,30-34H2,1-2H3/t35-,43+,44-,45+,46-,47+,48+,49+,50?,51-,52+/m0/s1. The minimum atomic E-state index is -0.918. The summed E-state index contributed by atoms with van der Waals surface area (Å²) < 4.78 is 67.2. The number of rotatable bonds is 17. The van der Waals surface area contributed by atoms with Crippen molar-refractivity contribution in [3.05, 3.63) is 192 Å². The quantitative estimate of drug-likeness (QED) is 0.0886. The highest BCUT2D eigenvalue weighted by atomic mass is 16.8. The third-order valence-electron chi connectivity index (χ3n) is 11.7. The van der Waals surface area contributed by atoms with Crippen LogP contribution in [-0.2, 0) is 73.8 Å². The summed E-state index contributed by atoms with van der Waals surface area (Å²) in [6, 6.07) is 54.7. The molecule has 62 heavy (non-hydrogen) atoms. The summed E-state index contributed by atoms with van der Waals surface area (Å²) in [5.41, 5.74) is 4.97. The predicted molar refractivity (Wildman–Crippen MR) is 232 cm³/mol. The Kier molecular flexibility index (Phi) is 14.1. The van der Waals surface area contributed by atoms with Gasteiger partial charge in [-0.2, -0.15) is 0 Å². The molecule has 9 rings (SSSR count). The van der Waals surface area contributed by atoms with Crippen molar-refractivity contribution in [2.24, 2.45) is 0 Å². The van der Waals surface area contributed by atoms with Crippen LogP contribution in [0, 0.1) is 0 Å². The smallest absolute Gasteiger partial charge is 0.187 e. The topological polar surface area (TPSA) is 92.3 Å². The van der Waals surface area contributed by atoms with Gasteiger partial charge in [-0.3, -0.25) is 0 Å². The lowest BCUT2D eigenvalue weighted by Crippen LogP contribution is -2.64. The maximum atomic E-state index is 7.23. The van der Waals surface area contributed by atoms with E-state index in [-0.39, 0.29) is 13.2 Å². The lowest BCUT2D eigenvalue weighted by molar-refractivity contribution is -0.359. The van der Waals surface area contributed by atoms with Gasteiger partial charge in [0.15, 0.2) is 18.9 Å². The van der Waals surface area contributed by atoms with E-state index in [0.717, 1.165) is 38.6 Å². The van der Waals surface area contributed by atoms with Crippen LogP contribution in [0.15, 0.2) is 164 Å². The minimum Gasteiger partial charge on any atom is -0.374 e. The SMILES string of the molecule is CO[C@H]1O[C@H](COCc2ccccc2)[C@@H](O[C@H]2O[C@@H](C)[C@H](OCc3ccccc3)[C@H]3OC(c4ccc5ccccc5c4)O[C@@H]23)[C@H](OCc2ccccc2)[C@H]1OCc1ccccc1. The number of benzene rings is 6. The van der Waals surface area contributed by atoms with E-state index in [0.29, 0.717) is 19.8 Å². The van der Waals surface area contributed by atoms with Crippen LogP contribution in [0.5, 0.6) is 0 Å². The number of fused-ring (bicyclic) bond motifs is 2. The zero-order valence-electron chi connectivity index (χ0n) is 35.1. The third-order valence-corrected chi connectivity index (χ3v) is 11.7. The first kappa shape index (κ1) is 42.5. The molecular weight excluding hydrogens is 785 g/mol. The maximum absolute atomic E-state index is 7.23. The Morgan fingerprint density at radius 1 is 0.452 bits per heavy atom. The molecular formula is C52H54O10. The first-order valence-corrected chi connectivity index (χ1v) is 21.5. The summed E-state index contributed by atoms with van der Waals surface area (Å²) in [5.74, 6) is 0. The second-order valence-corrected chi connectivity index (χ2v) is 16.0. The Balaban J connectivity index is 1.04. The number of methoxy groups -OCH3 is 1. The van der Waals surface area contributed by atoms with Crippen LogP contribution in [0.3, 0.4) is 0 Å². The van der Waals surface area contributed by atoms with Crippen LogP contribution in [0.2, 0.25) is 0 Å². The Hall–Kier alpha value is -4.82. The van der Waals surface area contributed by atoms with Gasteiger partial charge in [0.05, 0.1) is 39.1 Å². The molecule has 10 heteroatoms.